The number of hydrogen-bond donors (Lipinski definition) is 1. The normalized spacial score (nSPS) is 20.6. The molecule has 0 radical (unpaired) electrons. The Morgan fingerprint density at radius 3 is 2.48 bits per heavy atom. The molecule has 0 aromatic heterocycles. The second kappa shape index (κ2) is 10.7. The Kier molecular flexibility index (Phi) is 8.07. The van der Waals surface area contributed by atoms with E-state index < -0.39 is 0 Å². The topological polar surface area (TPSA) is 67.9 Å². The number of nitrogens with one attached hydrogen (secondary N) is 1. The van der Waals surface area contributed by atoms with Crippen molar-refractivity contribution in [2.24, 2.45) is 0 Å². The molecule has 2 aliphatic rings. The predicted molar refractivity (Wildman–Crippen MR) is 112 cm³/mol. The van der Waals surface area contributed by atoms with Gasteiger partial charge in [0.25, 0.3) is 5.91 Å². The van der Waals surface area contributed by atoms with Gasteiger partial charge in [-0.25, -0.2) is 0 Å². The van der Waals surface area contributed by atoms with Gasteiger partial charge in [0, 0.05) is 25.2 Å². The molecular weight excluding hydrogens is 368 g/mol. The summed E-state index contributed by atoms with van der Waals surface area (Å²) in [4.78, 5) is 27.4. The minimum absolute atomic E-state index is 0.0116. The maximum absolute atomic E-state index is 12.5. The lowest BCUT2D eigenvalue weighted by molar-refractivity contribution is -0.150. The summed E-state index contributed by atoms with van der Waals surface area (Å²) >= 11 is 0. The van der Waals surface area contributed by atoms with Crippen LogP contribution in [0.1, 0.15) is 56.9 Å². The molecule has 160 valence electrons. The van der Waals surface area contributed by atoms with Crippen LogP contribution in [0.15, 0.2) is 30.3 Å². The molecule has 1 aromatic rings. The van der Waals surface area contributed by atoms with Crippen molar-refractivity contribution in [3.8, 4) is 0 Å². The Balaban J connectivity index is 1.50. The number of amides is 1. The highest BCUT2D eigenvalue weighted by Crippen LogP contribution is 2.33. The van der Waals surface area contributed by atoms with E-state index >= 15 is 0 Å². The average molecular weight is 403 g/mol. The summed E-state index contributed by atoms with van der Waals surface area (Å²) in [5, 5.41) is 3.04. The van der Waals surface area contributed by atoms with Crippen LogP contribution < -0.4 is 5.32 Å². The van der Waals surface area contributed by atoms with E-state index in [2.05, 4.69) is 10.2 Å². The number of esters is 1. The molecule has 0 spiro atoms. The zero-order valence-electron chi connectivity index (χ0n) is 17.5. The van der Waals surface area contributed by atoms with Gasteiger partial charge in [0.1, 0.15) is 0 Å². The quantitative estimate of drug-likeness (QED) is 0.677. The van der Waals surface area contributed by atoms with Gasteiger partial charge < -0.3 is 14.8 Å². The van der Waals surface area contributed by atoms with Crippen molar-refractivity contribution >= 4 is 11.9 Å². The molecule has 3 rings (SSSR count). The molecule has 1 N–H and O–H groups in total. The summed E-state index contributed by atoms with van der Waals surface area (Å²) in [5.74, 6) is -0.893. The van der Waals surface area contributed by atoms with Crippen molar-refractivity contribution < 1.29 is 19.1 Å². The Hall–Kier alpha value is -1.92. The highest BCUT2D eigenvalue weighted by Gasteiger charge is 2.38. The number of carbonyl (C=O) groups is 2. The smallest absolute Gasteiger partial charge is 0.313 e. The molecule has 1 saturated carbocycles. The maximum Gasteiger partial charge on any atom is 0.313 e. The molecule has 1 aromatic carbocycles. The van der Waals surface area contributed by atoms with Gasteiger partial charge in [-0.05, 0) is 24.8 Å². The van der Waals surface area contributed by atoms with Crippen molar-refractivity contribution in [1.29, 1.82) is 0 Å². The van der Waals surface area contributed by atoms with Gasteiger partial charge in [-0.2, -0.15) is 0 Å². The van der Waals surface area contributed by atoms with E-state index in [1.165, 1.54) is 19.3 Å². The average Bonchev–Trinajstić information content (AvgIpc) is 2.79. The molecule has 2 fully saturated rings. The number of hydrogen-bond acceptors (Lipinski definition) is 5. The van der Waals surface area contributed by atoms with Crippen LogP contribution >= 0.6 is 0 Å². The zero-order valence-corrected chi connectivity index (χ0v) is 17.5. The SMILES string of the molecule is CCC(C(=O)OCC(=O)NCC1(N2CCOCC2)CCCCC1)c1ccccc1. The van der Waals surface area contributed by atoms with Gasteiger partial charge in [-0.3, -0.25) is 14.5 Å². The molecule has 6 nitrogen and oxygen atoms in total. The standard InChI is InChI=1S/C23H34N2O4/c1-2-20(19-9-5-3-6-10-19)22(27)29-17-21(26)24-18-23(11-7-4-8-12-23)25-13-15-28-16-14-25/h3,5-6,9-10,20H,2,4,7-8,11-18H2,1H3,(H,24,26). The first-order valence-corrected chi connectivity index (χ1v) is 11.0. The molecule has 0 bridgehead atoms. The predicted octanol–water partition coefficient (Wildman–Crippen LogP) is 2.87. The number of ether oxygens (including phenoxy) is 2. The summed E-state index contributed by atoms with van der Waals surface area (Å²) in [6.45, 7) is 5.69. The van der Waals surface area contributed by atoms with Crippen LogP contribution in [0.4, 0.5) is 0 Å². The third-order valence-electron chi connectivity index (χ3n) is 6.32. The number of morpholine rings is 1. The molecule has 1 aliphatic carbocycles. The van der Waals surface area contributed by atoms with Crippen LogP contribution in [0.25, 0.3) is 0 Å². The van der Waals surface area contributed by atoms with Crippen LogP contribution in [-0.2, 0) is 19.1 Å². The van der Waals surface area contributed by atoms with E-state index in [1.807, 2.05) is 37.3 Å². The molecule has 6 heteroatoms. The van der Waals surface area contributed by atoms with Crippen LogP contribution in [0.5, 0.6) is 0 Å². The lowest BCUT2D eigenvalue weighted by Crippen LogP contribution is -2.59. The molecular formula is C23H34N2O4. The first-order valence-electron chi connectivity index (χ1n) is 11.0. The van der Waals surface area contributed by atoms with Crippen LogP contribution in [0, 0.1) is 0 Å². The summed E-state index contributed by atoms with van der Waals surface area (Å²) < 4.78 is 10.9. The highest BCUT2D eigenvalue weighted by molar-refractivity contribution is 5.83. The summed E-state index contributed by atoms with van der Waals surface area (Å²) in [6.07, 6.45) is 6.48. The molecule has 29 heavy (non-hydrogen) atoms. The fourth-order valence-electron chi connectivity index (χ4n) is 4.63. The summed E-state index contributed by atoms with van der Waals surface area (Å²) in [7, 11) is 0. The first kappa shape index (κ1) is 21.8. The molecule has 1 amide bonds. The molecule has 1 heterocycles. The molecule has 1 atom stereocenters. The molecule has 1 unspecified atom stereocenters. The fourth-order valence-corrected chi connectivity index (χ4v) is 4.63. The van der Waals surface area contributed by atoms with Gasteiger partial charge in [0.2, 0.25) is 0 Å². The van der Waals surface area contributed by atoms with E-state index in [9.17, 15) is 9.59 Å². The van der Waals surface area contributed by atoms with Crippen LogP contribution in [0.3, 0.4) is 0 Å². The molecule has 1 aliphatic heterocycles. The van der Waals surface area contributed by atoms with Crippen LogP contribution in [0.2, 0.25) is 0 Å². The van der Waals surface area contributed by atoms with Crippen molar-refractivity contribution in [2.45, 2.75) is 56.9 Å². The number of rotatable bonds is 8. The van der Waals surface area contributed by atoms with E-state index in [4.69, 9.17) is 9.47 Å². The van der Waals surface area contributed by atoms with Gasteiger partial charge in [0.15, 0.2) is 6.61 Å². The second-order valence-electron chi connectivity index (χ2n) is 8.14. The Labute approximate surface area is 173 Å². The van der Waals surface area contributed by atoms with Gasteiger partial charge >= 0.3 is 5.97 Å². The Morgan fingerprint density at radius 1 is 1.14 bits per heavy atom. The summed E-state index contributed by atoms with van der Waals surface area (Å²) in [5.41, 5.74) is 0.936. The van der Waals surface area contributed by atoms with E-state index in [0.29, 0.717) is 13.0 Å². The lowest BCUT2D eigenvalue weighted by Gasteiger charge is -2.48. The van der Waals surface area contributed by atoms with Gasteiger partial charge in [-0.15, -0.1) is 0 Å². The van der Waals surface area contributed by atoms with Crippen molar-refractivity contribution in [1.82, 2.24) is 10.2 Å². The number of benzene rings is 1. The van der Waals surface area contributed by atoms with Crippen molar-refractivity contribution in [2.75, 3.05) is 39.5 Å². The zero-order chi connectivity index (χ0) is 20.5. The van der Waals surface area contributed by atoms with E-state index in [-0.39, 0.29) is 29.9 Å². The maximum atomic E-state index is 12.5. The number of nitrogens with zero attached hydrogens (tertiary/aromatic N) is 1. The van der Waals surface area contributed by atoms with E-state index in [0.717, 1.165) is 44.7 Å². The highest BCUT2D eigenvalue weighted by atomic mass is 16.5. The van der Waals surface area contributed by atoms with E-state index in [1.54, 1.807) is 0 Å². The van der Waals surface area contributed by atoms with Gasteiger partial charge in [0.05, 0.1) is 19.1 Å². The largest absolute Gasteiger partial charge is 0.455 e. The van der Waals surface area contributed by atoms with Crippen molar-refractivity contribution in [3.63, 3.8) is 0 Å². The summed E-state index contributed by atoms with van der Waals surface area (Å²) in [6, 6.07) is 9.58. The minimum Gasteiger partial charge on any atom is -0.455 e. The third kappa shape index (κ3) is 5.80. The Bertz CT molecular complexity index is 652. The lowest BCUT2D eigenvalue weighted by atomic mass is 9.79. The van der Waals surface area contributed by atoms with Crippen molar-refractivity contribution in [3.05, 3.63) is 35.9 Å². The first-order chi connectivity index (χ1) is 14.1. The number of carbonyl (C=O) groups excluding carboxylic acids is 2. The minimum atomic E-state index is -0.339. The Morgan fingerprint density at radius 2 is 1.83 bits per heavy atom. The van der Waals surface area contributed by atoms with Gasteiger partial charge in [-0.1, -0.05) is 56.5 Å². The molecule has 1 saturated heterocycles. The van der Waals surface area contributed by atoms with Crippen LogP contribution in [-0.4, -0.2) is 61.8 Å². The fraction of sp³-hybridized carbons (Fsp3) is 0.652. The third-order valence-corrected chi connectivity index (χ3v) is 6.32. The monoisotopic (exact) mass is 402 g/mol. The second-order valence-corrected chi connectivity index (χ2v) is 8.14.